The molecular weight excluding hydrogens is 226 g/mol. The molecule has 3 heteroatoms. The lowest BCUT2D eigenvalue weighted by Crippen LogP contribution is -2.52. The number of carbonyl (C=O) groups is 1. The van der Waals surface area contributed by atoms with Crippen LogP contribution in [0.25, 0.3) is 0 Å². The van der Waals surface area contributed by atoms with E-state index < -0.39 is 5.54 Å². The zero-order valence-electron chi connectivity index (χ0n) is 11.2. The molecule has 18 heavy (non-hydrogen) atoms. The maximum absolute atomic E-state index is 12.6. The molecular formula is C15H21NO2. The smallest absolute Gasteiger partial charge is 0.182 e. The van der Waals surface area contributed by atoms with Crippen molar-refractivity contribution in [2.75, 3.05) is 13.2 Å². The minimum Gasteiger partial charge on any atom is -0.494 e. The van der Waals surface area contributed by atoms with Crippen molar-refractivity contribution >= 4 is 5.78 Å². The SMILES string of the molecule is CCOc1cccc(C(=O)C2(C)CCCCN2)c1. The van der Waals surface area contributed by atoms with Gasteiger partial charge in [-0.25, -0.2) is 0 Å². The van der Waals surface area contributed by atoms with E-state index in [4.69, 9.17) is 4.74 Å². The topological polar surface area (TPSA) is 38.3 Å². The standard InChI is InChI=1S/C15H21NO2/c1-3-18-13-8-6-7-12(11-13)14(17)15(2)9-4-5-10-16-15/h6-8,11,16H,3-5,9-10H2,1-2H3. The molecule has 0 radical (unpaired) electrons. The molecule has 1 unspecified atom stereocenters. The summed E-state index contributed by atoms with van der Waals surface area (Å²) >= 11 is 0. The first-order valence-electron chi connectivity index (χ1n) is 6.68. The van der Waals surface area contributed by atoms with E-state index in [1.807, 2.05) is 38.1 Å². The molecule has 1 saturated heterocycles. The minimum absolute atomic E-state index is 0.170. The molecule has 1 aliphatic rings. The second-order valence-corrected chi connectivity index (χ2v) is 5.01. The third kappa shape index (κ3) is 2.72. The van der Waals surface area contributed by atoms with E-state index in [1.165, 1.54) is 0 Å². The van der Waals surface area contributed by atoms with Crippen LogP contribution < -0.4 is 10.1 Å². The van der Waals surface area contributed by atoms with Gasteiger partial charge in [-0.3, -0.25) is 4.79 Å². The molecule has 0 amide bonds. The van der Waals surface area contributed by atoms with Crippen molar-refractivity contribution < 1.29 is 9.53 Å². The van der Waals surface area contributed by atoms with Crippen molar-refractivity contribution in [1.29, 1.82) is 0 Å². The number of benzene rings is 1. The molecule has 0 spiro atoms. The Bertz CT molecular complexity index is 422. The Morgan fingerprint density at radius 3 is 2.94 bits per heavy atom. The molecule has 1 fully saturated rings. The molecule has 3 nitrogen and oxygen atoms in total. The number of nitrogens with one attached hydrogen (secondary N) is 1. The van der Waals surface area contributed by atoms with Crippen LogP contribution in [0.3, 0.4) is 0 Å². The van der Waals surface area contributed by atoms with Crippen molar-refractivity contribution in [2.45, 2.75) is 38.6 Å². The van der Waals surface area contributed by atoms with Crippen LogP contribution in [0, 0.1) is 0 Å². The summed E-state index contributed by atoms with van der Waals surface area (Å²) in [4.78, 5) is 12.6. The first-order valence-corrected chi connectivity index (χ1v) is 6.68. The van der Waals surface area contributed by atoms with Gasteiger partial charge in [0.05, 0.1) is 12.1 Å². The van der Waals surface area contributed by atoms with Crippen LogP contribution in [0.5, 0.6) is 5.75 Å². The predicted molar refractivity (Wildman–Crippen MR) is 72.2 cm³/mol. The monoisotopic (exact) mass is 247 g/mol. The average Bonchev–Trinajstić information content (AvgIpc) is 2.39. The molecule has 0 aliphatic carbocycles. The summed E-state index contributed by atoms with van der Waals surface area (Å²) in [5.41, 5.74) is 0.321. The second kappa shape index (κ2) is 5.53. The van der Waals surface area contributed by atoms with E-state index in [0.717, 1.165) is 37.1 Å². The van der Waals surface area contributed by atoms with Gasteiger partial charge in [0.2, 0.25) is 0 Å². The van der Waals surface area contributed by atoms with Crippen LogP contribution in [0.1, 0.15) is 43.5 Å². The van der Waals surface area contributed by atoms with Gasteiger partial charge in [-0.2, -0.15) is 0 Å². The van der Waals surface area contributed by atoms with Crippen molar-refractivity contribution in [3.05, 3.63) is 29.8 Å². The maximum atomic E-state index is 12.6. The fourth-order valence-corrected chi connectivity index (χ4v) is 2.46. The minimum atomic E-state index is -0.414. The number of rotatable bonds is 4. The predicted octanol–water partition coefficient (Wildman–Crippen LogP) is 2.80. The van der Waals surface area contributed by atoms with Crippen LogP contribution >= 0.6 is 0 Å². The summed E-state index contributed by atoms with van der Waals surface area (Å²) in [5, 5.41) is 3.35. The molecule has 0 bridgehead atoms. The summed E-state index contributed by atoms with van der Waals surface area (Å²) in [5.74, 6) is 0.937. The number of hydrogen-bond acceptors (Lipinski definition) is 3. The van der Waals surface area contributed by atoms with Crippen LogP contribution in [0.4, 0.5) is 0 Å². The first-order chi connectivity index (χ1) is 8.65. The molecule has 98 valence electrons. The van der Waals surface area contributed by atoms with E-state index in [1.54, 1.807) is 0 Å². The largest absolute Gasteiger partial charge is 0.494 e. The van der Waals surface area contributed by atoms with Crippen LogP contribution in [0.15, 0.2) is 24.3 Å². The molecule has 1 aliphatic heterocycles. The Morgan fingerprint density at radius 2 is 2.28 bits per heavy atom. The normalized spacial score (nSPS) is 23.7. The summed E-state index contributed by atoms with van der Waals surface area (Å²) in [6.07, 6.45) is 3.17. The van der Waals surface area contributed by atoms with Gasteiger partial charge in [0, 0.05) is 5.56 Å². The fraction of sp³-hybridized carbons (Fsp3) is 0.533. The van der Waals surface area contributed by atoms with E-state index in [2.05, 4.69) is 5.32 Å². The first kappa shape index (κ1) is 13.1. The second-order valence-electron chi connectivity index (χ2n) is 5.01. The molecule has 0 saturated carbocycles. The Balaban J connectivity index is 2.19. The highest BCUT2D eigenvalue weighted by molar-refractivity contribution is 6.03. The summed E-state index contributed by atoms with van der Waals surface area (Å²) in [6.45, 7) is 5.49. The highest BCUT2D eigenvalue weighted by atomic mass is 16.5. The van der Waals surface area contributed by atoms with E-state index in [0.29, 0.717) is 6.61 Å². The van der Waals surface area contributed by atoms with Crippen LogP contribution in [-0.2, 0) is 0 Å². The molecule has 0 aromatic heterocycles. The molecule has 1 heterocycles. The van der Waals surface area contributed by atoms with Gasteiger partial charge >= 0.3 is 0 Å². The fourth-order valence-electron chi connectivity index (χ4n) is 2.46. The number of Topliss-reactive ketones (excluding diaryl/α,β-unsaturated/α-hetero) is 1. The summed E-state index contributed by atoms with van der Waals surface area (Å²) < 4.78 is 5.44. The average molecular weight is 247 g/mol. The lowest BCUT2D eigenvalue weighted by Gasteiger charge is -2.33. The highest BCUT2D eigenvalue weighted by Crippen LogP contribution is 2.25. The van der Waals surface area contributed by atoms with E-state index in [9.17, 15) is 4.79 Å². The van der Waals surface area contributed by atoms with Gasteiger partial charge in [0.1, 0.15) is 5.75 Å². The number of piperidine rings is 1. The number of ether oxygens (including phenoxy) is 1. The summed E-state index contributed by atoms with van der Waals surface area (Å²) in [6, 6.07) is 7.47. The maximum Gasteiger partial charge on any atom is 0.182 e. The van der Waals surface area contributed by atoms with Gasteiger partial charge < -0.3 is 10.1 Å². The summed E-state index contributed by atoms with van der Waals surface area (Å²) in [7, 11) is 0. The van der Waals surface area contributed by atoms with Crippen molar-refractivity contribution in [1.82, 2.24) is 5.32 Å². The van der Waals surface area contributed by atoms with Crippen LogP contribution in [-0.4, -0.2) is 24.5 Å². The van der Waals surface area contributed by atoms with Gasteiger partial charge in [-0.1, -0.05) is 12.1 Å². The van der Waals surface area contributed by atoms with Gasteiger partial charge in [0.15, 0.2) is 5.78 Å². The Hall–Kier alpha value is -1.35. The lowest BCUT2D eigenvalue weighted by molar-refractivity contribution is 0.0834. The molecule has 1 aromatic rings. The third-order valence-corrected chi connectivity index (χ3v) is 3.53. The zero-order valence-corrected chi connectivity index (χ0v) is 11.2. The Labute approximate surface area is 109 Å². The van der Waals surface area contributed by atoms with Gasteiger partial charge in [-0.15, -0.1) is 0 Å². The Kier molecular flexibility index (Phi) is 4.02. The van der Waals surface area contributed by atoms with E-state index in [-0.39, 0.29) is 5.78 Å². The molecule has 1 N–H and O–H groups in total. The number of ketones is 1. The highest BCUT2D eigenvalue weighted by Gasteiger charge is 2.34. The third-order valence-electron chi connectivity index (χ3n) is 3.53. The molecule has 1 atom stereocenters. The van der Waals surface area contributed by atoms with Crippen molar-refractivity contribution in [3.63, 3.8) is 0 Å². The molecule has 1 aromatic carbocycles. The lowest BCUT2D eigenvalue weighted by atomic mass is 9.84. The van der Waals surface area contributed by atoms with Gasteiger partial charge in [-0.05, 0) is 51.8 Å². The van der Waals surface area contributed by atoms with E-state index >= 15 is 0 Å². The van der Waals surface area contributed by atoms with Crippen molar-refractivity contribution in [3.8, 4) is 5.75 Å². The quantitative estimate of drug-likeness (QED) is 0.831. The van der Waals surface area contributed by atoms with Gasteiger partial charge in [0.25, 0.3) is 0 Å². The van der Waals surface area contributed by atoms with Crippen molar-refractivity contribution in [2.24, 2.45) is 0 Å². The number of hydrogen-bond donors (Lipinski definition) is 1. The molecule has 2 rings (SSSR count). The van der Waals surface area contributed by atoms with Crippen LogP contribution in [0.2, 0.25) is 0 Å². The number of carbonyl (C=O) groups excluding carboxylic acids is 1. The zero-order chi connectivity index (χ0) is 13.0. The Morgan fingerprint density at radius 1 is 1.44 bits per heavy atom.